The molecule has 0 radical (unpaired) electrons. The molecule has 0 amide bonds. The van der Waals surface area contributed by atoms with Gasteiger partial charge in [-0.15, -0.1) is 0 Å². The molecule has 3 aromatic carbocycles. The lowest BCUT2D eigenvalue weighted by molar-refractivity contribution is 0.628. The van der Waals surface area contributed by atoms with Crippen LogP contribution in [-0.2, 0) is 0 Å². The zero-order valence-electron chi connectivity index (χ0n) is 13.0. The first kappa shape index (κ1) is 14.3. The molecular formula is C20H16FNS. The van der Waals surface area contributed by atoms with Crippen molar-refractivity contribution in [1.82, 2.24) is 0 Å². The average Bonchev–Trinajstić information content (AvgIpc) is 2.54. The van der Waals surface area contributed by atoms with Crippen LogP contribution in [0.15, 0.2) is 70.5 Å². The lowest BCUT2D eigenvalue weighted by atomic mass is 10.1. The second kappa shape index (κ2) is 5.43. The zero-order chi connectivity index (χ0) is 16.0. The predicted molar refractivity (Wildman–Crippen MR) is 94.7 cm³/mol. The number of benzene rings is 3. The molecule has 1 aliphatic rings. The van der Waals surface area contributed by atoms with Crippen LogP contribution in [0.4, 0.5) is 21.5 Å². The SMILES string of the molecule is Cc1cccc2c1N(c1ccc(F)cc1)c1c(C)cccc1S2. The Balaban J connectivity index is 2.02. The molecular weight excluding hydrogens is 305 g/mol. The summed E-state index contributed by atoms with van der Waals surface area (Å²) >= 11 is 1.80. The van der Waals surface area contributed by atoms with Crippen LogP contribution in [-0.4, -0.2) is 0 Å². The predicted octanol–water partition coefficient (Wildman–Crippen LogP) is 6.38. The van der Waals surface area contributed by atoms with Crippen molar-refractivity contribution in [3.05, 3.63) is 77.6 Å². The number of hydrogen-bond donors (Lipinski definition) is 0. The van der Waals surface area contributed by atoms with Crippen LogP contribution >= 0.6 is 11.8 Å². The van der Waals surface area contributed by atoms with Crippen molar-refractivity contribution in [2.24, 2.45) is 0 Å². The number of aryl methyl sites for hydroxylation is 2. The fraction of sp³-hybridized carbons (Fsp3) is 0.100. The first-order valence-electron chi connectivity index (χ1n) is 7.58. The largest absolute Gasteiger partial charge is 0.308 e. The van der Waals surface area contributed by atoms with E-state index in [1.54, 1.807) is 11.8 Å². The number of anilines is 3. The fourth-order valence-corrected chi connectivity index (χ4v) is 4.31. The van der Waals surface area contributed by atoms with Gasteiger partial charge in [0.25, 0.3) is 0 Å². The van der Waals surface area contributed by atoms with Gasteiger partial charge in [-0.3, -0.25) is 0 Å². The third-order valence-corrected chi connectivity index (χ3v) is 5.25. The minimum Gasteiger partial charge on any atom is -0.308 e. The van der Waals surface area contributed by atoms with E-state index in [1.165, 1.54) is 44.4 Å². The molecule has 0 aromatic heterocycles. The van der Waals surface area contributed by atoms with Gasteiger partial charge in [0.15, 0.2) is 0 Å². The van der Waals surface area contributed by atoms with Crippen molar-refractivity contribution in [2.75, 3.05) is 4.90 Å². The van der Waals surface area contributed by atoms with Gasteiger partial charge >= 0.3 is 0 Å². The molecule has 4 rings (SSSR count). The van der Waals surface area contributed by atoms with Crippen LogP contribution in [0.1, 0.15) is 11.1 Å². The van der Waals surface area contributed by atoms with E-state index in [4.69, 9.17) is 0 Å². The third kappa shape index (κ3) is 2.32. The molecule has 1 nitrogen and oxygen atoms in total. The lowest BCUT2D eigenvalue weighted by Gasteiger charge is -2.35. The van der Waals surface area contributed by atoms with Crippen LogP contribution < -0.4 is 4.90 Å². The van der Waals surface area contributed by atoms with Crippen LogP contribution in [0.5, 0.6) is 0 Å². The van der Waals surface area contributed by atoms with Crippen molar-refractivity contribution in [3.63, 3.8) is 0 Å². The summed E-state index contributed by atoms with van der Waals surface area (Å²) in [7, 11) is 0. The number of fused-ring (bicyclic) bond motifs is 2. The Kier molecular flexibility index (Phi) is 3.38. The highest BCUT2D eigenvalue weighted by atomic mass is 32.2. The van der Waals surface area contributed by atoms with Gasteiger partial charge in [0.05, 0.1) is 11.4 Å². The fourth-order valence-electron chi connectivity index (χ4n) is 3.08. The molecule has 0 fully saturated rings. The second-order valence-electron chi connectivity index (χ2n) is 5.76. The monoisotopic (exact) mass is 321 g/mol. The smallest absolute Gasteiger partial charge is 0.123 e. The highest BCUT2D eigenvalue weighted by molar-refractivity contribution is 7.99. The molecule has 3 heteroatoms. The average molecular weight is 321 g/mol. The molecule has 0 atom stereocenters. The third-order valence-electron chi connectivity index (χ3n) is 4.15. The lowest BCUT2D eigenvalue weighted by Crippen LogP contribution is -2.17. The van der Waals surface area contributed by atoms with Crippen LogP contribution in [0.3, 0.4) is 0 Å². The van der Waals surface area contributed by atoms with E-state index in [0.29, 0.717) is 0 Å². The molecule has 3 aromatic rings. The van der Waals surface area contributed by atoms with Gasteiger partial charge in [0, 0.05) is 15.5 Å². The van der Waals surface area contributed by atoms with Crippen LogP contribution in [0, 0.1) is 19.7 Å². The van der Waals surface area contributed by atoms with Gasteiger partial charge in [0.1, 0.15) is 5.82 Å². The summed E-state index contributed by atoms with van der Waals surface area (Å²) in [5.41, 5.74) is 5.79. The zero-order valence-corrected chi connectivity index (χ0v) is 13.8. The standard InChI is InChI=1S/C20H16FNS/c1-13-5-3-7-17-19(13)22(16-11-9-15(21)10-12-16)20-14(2)6-4-8-18(20)23-17/h3-12H,1-2H3. The summed E-state index contributed by atoms with van der Waals surface area (Å²) in [6.45, 7) is 4.25. The van der Waals surface area contributed by atoms with Crippen molar-refractivity contribution in [3.8, 4) is 0 Å². The number of rotatable bonds is 1. The summed E-state index contributed by atoms with van der Waals surface area (Å²) < 4.78 is 13.4. The first-order valence-corrected chi connectivity index (χ1v) is 8.39. The highest BCUT2D eigenvalue weighted by Gasteiger charge is 2.27. The van der Waals surface area contributed by atoms with Crippen LogP contribution in [0.2, 0.25) is 0 Å². The Morgan fingerprint density at radius 1 is 0.739 bits per heavy atom. The minimum absolute atomic E-state index is 0.213. The van der Waals surface area contributed by atoms with E-state index in [0.717, 1.165) is 5.69 Å². The maximum absolute atomic E-state index is 13.4. The number of halogens is 1. The molecule has 23 heavy (non-hydrogen) atoms. The van der Waals surface area contributed by atoms with E-state index in [1.807, 2.05) is 12.1 Å². The van der Waals surface area contributed by atoms with Crippen LogP contribution in [0.25, 0.3) is 0 Å². The van der Waals surface area contributed by atoms with Gasteiger partial charge in [-0.05, 0) is 61.4 Å². The summed E-state index contributed by atoms with van der Waals surface area (Å²) in [6.07, 6.45) is 0. The van der Waals surface area contributed by atoms with Crippen molar-refractivity contribution >= 4 is 28.8 Å². The van der Waals surface area contributed by atoms with Gasteiger partial charge < -0.3 is 4.90 Å². The minimum atomic E-state index is -0.213. The molecule has 0 unspecified atom stereocenters. The number of hydrogen-bond acceptors (Lipinski definition) is 2. The number of para-hydroxylation sites is 2. The normalized spacial score (nSPS) is 12.7. The van der Waals surface area contributed by atoms with Crippen molar-refractivity contribution in [1.29, 1.82) is 0 Å². The van der Waals surface area contributed by atoms with E-state index < -0.39 is 0 Å². The van der Waals surface area contributed by atoms with Gasteiger partial charge in [0.2, 0.25) is 0 Å². The van der Waals surface area contributed by atoms with E-state index in [2.05, 4.69) is 55.1 Å². The molecule has 0 saturated carbocycles. The summed E-state index contributed by atoms with van der Waals surface area (Å²) in [5, 5.41) is 0. The Morgan fingerprint density at radius 2 is 1.26 bits per heavy atom. The summed E-state index contributed by atoms with van der Waals surface area (Å²) in [6, 6.07) is 19.5. The van der Waals surface area contributed by atoms with Crippen molar-refractivity contribution in [2.45, 2.75) is 23.6 Å². The Hall–Kier alpha value is -2.26. The van der Waals surface area contributed by atoms with Gasteiger partial charge in [-0.1, -0.05) is 36.0 Å². The Labute approximate surface area is 139 Å². The first-order chi connectivity index (χ1) is 11.1. The van der Waals surface area contributed by atoms with Crippen molar-refractivity contribution < 1.29 is 4.39 Å². The molecule has 1 aliphatic heterocycles. The number of nitrogens with zero attached hydrogens (tertiary/aromatic N) is 1. The molecule has 0 saturated heterocycles. The molecule has 0 aliphatic carbocycles. The molecule has 114 valence electrons. The van der Waals surface area contributed by atoms with E-state index >= 15 is 0 Å². The quantitative estimate of drug-likeness (QED) is 0.400. The van der Waals surface area contributed by atoms with E-state index in [-0.39, 0.29) is 5.82 Å². The van der Waals surface area contributed by atoms with E-state index in [9.17, 15) is 4.39 Å². The topological polar surface area (TPSA) is 3.24 Å². The molecule has 0 bridgehead atoms. The maximum Gasteiger partial charge on any atom is 0.123 e. The summed E-state index contributed by atoms with van der Waals surface area (Å²) in [4.78, 5) is 4.71. The second-order valence-corrected chi connectivity index (χ2v) is 6.84. The van der Waals surface area contributed by atoms with Gasteiger partial charge in [-0.2, -0.15) is 0 Å². The molecule has 1 heterocycles. The Morgan fingerprint density at radius 3 is 1.78 bits per heavy atom. The Bertz CT molecular complexity index is 835. The van der Waals surface area contributed by atoms with Gasteiger partial charge in [-0.25, -0.2) is 4.39 Å². The summed E-state index contributed by atoms with van der Waals surface area (Å²) in [5.74, 6) is -0.213. The highest BCUT2D eigenvalue weighted by Crippen LogP contribution is 2.53. The maximum atomic E-state index is 13.4. The molecule has 0 N–H and O–H groups in total. The molecule has 0 spiro atoms.